The van der Waals surface area contributed by atoms with Gasteiger partial charge in [0, 0.05) is 22.6 Å². The van der Waals surface area contributed by atoms with E-state index in [1.54, 1.807) is 30.3 Å². The number of ether oxygens (including phenoxy) is 1. The maximum Gasteiger partial charge on any atom is 0.261 e. The van der Waals surface area contributed by atoms with Gasteiger partial charge in [-0.15, -0.1) is 0 Å². The average molecular weight is 451 g/mol. The fourth-order valence-electron chi connectivity index (χ4n) is 2.93. The molecule has 5 nitrogen and oxygen atoms in total. The van der Waals surface area contributed by atoms with Crippen LogP contribution in [-0.2, 0) is 16.1 Å². The van der Waals surface area contributed by atoms with Gasteiger partial charge in [0.05, 0.1) is 0 Å². The van der Waals surface area contributed by atoms with Gasteiger partial charge in [0.15, 0.2) is 6.61 Å². The molecule has 0 aliphatic rings. The van der Waals surface area contributed by atoms with E-state index in [1.165, 1.54) is 4.90 Å². The lowest BCUT2D eigenvalue weighted by molar-refractivity contribution is -0.143. The zero-order valence-electron chi connectivity index (χ0n) is 17.5. The topological polar surface area (TPSA) is 58.6 Å². The van der Waals surface area contributed by atoms with Crippen LogP contribution >= 0.6 is 23.2 Å². The lowest BCUT2D eigenvalue weighted by Crippen LogP contribution is -2.51. The minimum absolute atomic E-state index is 0.0223. The molecule has 0 saturated carbocycles. The van der Waals surface area contributed by atoms with E-state index in [2.05, 4.69) is 5.32 Å². The molecule has 30 heavy (non-hydrogen) atoms. The molecule has 0 heterocycles. The molecule has 0 aliphatic carbocycles. The highest BCUT2D eigenvalue weighted by atomic mass is 35.5. The minimum Gasteiger partial charge on any atom is -0.484 e. The number of amides is 2. The van der Waals surface area contributed by atoms with Gasteiger partial charge < -0.3 is 15.0 Å². The van der Waals surface area contributed by atoms with Crippen LogP contribution in [0.5, 0.6) is 5.75 Å². The molecule has 0 radical (unpaired) electrons. The average Bonchev–Trinajstić information content (AvgIpc) is 2.74. The molecule has 2 amide bonds. The number of nitrogens with one attached hydrogen (secondary N) is 1. The standard InChI is InChI=1S/C23H28Cl2N2O3/c1-4-16(3)26-23(29)21(5-2)27(14-17-8-6-7-9-20(17)25)22(28)15-30-19-12-10-18(24)11-13-19/h6-13,16,21H,4-5,14-15H2,1-3H3,(H,26,29)/t16-,21+/m1/s1. The second kappa shape index (κ2) is 11.8. The van der Waals surface area contributed by atoms with E-state index in [9.17, 15) is 9.59 Å². The highest BCUT2D eigenvalue weighted by molar-refractivity contribution is 6.31. The second-order valence-electron chi connectivity index (χ2n) is 7.10. The molecule has 2 aromatic carbocycles. The lowest BCUT2D eigenvalue weighted by Gasteiger charge is -2.31. The van der Waals surface area contributed by atoms with Crippen molar-refractivity contribution in [1.29, 1.82) is 0 Å². The minimum atomic E-state index is -0.628. The van der Waals surface area contributed by atoms with Crippen LogP contribution in [0.15, 0.2) is 48.5 Å². The molecule has 1 N–H and O–H groups in total. The van der Waals surface area contributed by atoms with E-state index in [0.717, 1.165) is 12.0 Å². The summed E-state index contributed by atoms with van der Waals surface area (Å²) in [5.41, 5.74) is 0.772. The molecule has 0 saturated heterocycles. The van der Waals surface area contributed by atoms with E-state index in [0.29, 0.717) is 22.2 Å². The summed E-state index contributed by atoms with van der Waals surface area (Å²) in [6.07, 6.45) is 1.28. The van der Waals surface area contributed by atoms with Gasteiger partial charge >= 0.3 is 0 Å². The van der Waals surface area contributed by atoms with Gasteiger partial charge in [-0.3, -0.25) is 9.59 Å². The largest absolute Gasteiger partial charge is 0.484 e. The van der Waals surface area contributed by atoms with Gasteiger partial charge in [-0.2, -0.15) is 0 Å². The summed E-state index contributed by atoms with van der Waals surface area (Å²) >= 11 is 12.2. The number of hydrogen-bond donors (Lipinski definition) is 1. The summed E-state index contributed by atoms with van der Waals surface area (Å²) in [7, 11) is 0. The lowest BCUT2D eigenvalue weighted by atomic mass is 10.1. The molecule has 2 rings (SSSR count). The van der Waals surface area contributed by atoms with Crippen molar-refractivity contribution in [3.05, 3.63) is 64.1 Å². The molecule has 2 atom stereocenters. The Morgan fingerprint density at radius 1 is 1.03 bits per heavy atom. The molecule has 0 fully saturated rings. The number of carbonyl (C=O) groups excluding carboxylic acids is 2. The summed E-state index contributed by atoms with van der Waals surface area (Å²) in [4.78, 5) is 27.5. The first-order valence-electron chi connectivity index (χ1n) is 10.1. The van der Waals surface area contributed by atoms with Crippen molar-refractivity contribution >= 4 is 35.0 Å². The molecule has 162 valence electrons. The van der Waals surface area contributed by atoms with E-state index >= 15 is 0 Å². The van der Waals surface area contributed by atoms with Crippen LogP contribution in [0.2, 0.25) is 10.0 Å². The maximum atomic E-state index is 13.1. The Hall–Kier alpha value is -2.24. The Labute approximate surface area is 188 Å². The quantitative estimate of drug-likeness (QED) is 0.547. The van der Waals surface area contributed by atoms with Gasteiger partial charge in [-0.05, 0) is 55.7 Å². The molecule has 2 aromatic rings. The van der Waals surface area contributed by atoms with Gasteiger partial charge in [0.2, 0.25) is 5.91 Å². The summed E-state index contributed by atoms with van der Waals surface area (Å²) in [5, 5.41) is 4.11. The van der Waals surface area contributed by atoms with E-state index in [-0.39, 0.29) is 31.0 Å². The number of rotatable bonds is 10. The first-order chi connectivity index (χ1) is 14.3. The molecule has 0 aliphatic heterocycles. The van der Waals surface area contributed by atoms with Crippen LogP contribution in [0.3, 0.4) is 0 Å². The van der Waals surface area contributed by atoms with Crippen molar-refractivity contribution in [2.24, 2.45) is 0 Å². The van der Waals surface area contributed by atoms with Crippen LogP contribution in [0, 0.1) is 0 Å². The van der Waals surface area contributed by atoms with Gasteiger partial charge in [0.1, 0.15) is 11.8 Å². The van der Waals surface area contributed by atoms with Gasteiger partial charge in [-0.25, -0.2) is 0 Å². The van der Waals surface area contributed by atoms with Crippen molar-refractivity contribution in [2.45, 2.75) is 52.2 Å². The highest BCUT2D eigenvalue weighted by Gasteiger charge is 2.29. The van der Waals surface area contributed by atoms with E-state index < -0.39 is 6.04 Å². The van der Waals surface area contributed by atoms with E-state index in [4.69, 9.17) is 27.9 Å². The summed E-state index contributed by atoms with van der Waals surface area (Å²) < 4.78 is 5.63. The number of nitrogens with zero attached hydrogens (tertiary/aromatic N) is 1. The second-order valence-corrected chi connectivity index (χ2v) is 7.94. The third kappa shape index (κ3) is 6.92. The fourth-order valence-corrected chi connectivity index (χ4v) is 3.25. The first-order valence-corrected chi connectivity index (χ1v) is 10.8. The Morgan fingerprint density at radius 2 is 1.70 bits per heavy atom. The van der Waals surface area contributed by atoms with Crippen molar-refractivity contribution in [1.82, 2.24) is 10.2 Å². The third-order valence-corrected chi connectivity index (χ3v) is 5.48. The fraction of sp³-hybridized carbons (Fsp3) is 0.391. The van der Waals surface area contributed by atoms with Crippen LogP contribution in [-0.4, -0.2) is 35.4 Å². The van der Waals surface area contributed by atoms with Crippen LogP contribution < -0.4 is 10.1 Å². The number of hydrogen-bond acceptors (Lipinski definition) is 3. The zero-order chi connectivity index (χ0) is 22.1. The number of carbonyl (C=O) groups is 2. The monoisotopic (exact) mass is 450 g/mol. The SMILES string of the molecule is CC[C@@H](C)NC(=O)[C@H](CC)N(Cc1ccccc1Cl)C(=O)COc1ccc(Cl)cc1. The van der Waals surface area contributed by atoms with Crippen molar-refractivity contribution in [2.75, 3.05) is 6.61 Å². The maximum absolute atomic E-state index is 13.1. The predicted molar refractivity (Wildman–Crippen MR) is 121 cm³/mol. The van der Waals surface area contributed by atoms with Crippen molar-refractivity contribution in [3.63, 3.8) is 0 Å². The summed E-state index contributed by atoms with van der Waals surface area (Å²) in [5.74, 6) is 0.0531. The Kier molecular flexibility index (Phi) is 9.47. The Bertz CT molecular complexity index is 843. The van der Waals surface area contributed by atoms with Crippen molar-refractivity contribution < 1.29 is 14.3 Å². The summed E-state index contributed by atoms with van der Waals surface area (Å²) in [6, 6.07) is 13.5. The molecule has 0 unspecified atom stereocenters. The molecular weight excluding hydrogens is 423 g/mol. The van der Waals surface area contributed by atoms with Gasteiger partial charge in [0.25, 0.3) is 5.91 Å². The predicted octanol–water partition coefficient (Wildman–Crippen LogP) is 5.09. The Morgan fingerprint density at radius 3 is 2.30 bits per heavy atom. The van der Waals surface area contributed by atoms with Crippen LogP contribution in [0.4, 0.5) is 0 Å². The molecular formula is C23H28Cl2N2O3. The first kappa shape index (κ1) is 24.0. The summed E-state index contributed by atoms with van der Waals surface area (Å²) in [6.45, 7) is 5.84. The normalized spacial score (nSPS) is 12.7. The molecule has 7 heteroatoms. The number of halogens is 2. The zero-order valence-corrected chi connectivity index (χ0v) is 19.0. The van der Waals surface area contributed by atoms with E-state index in [1.807, 2.05) is 39.0 Å². The Balaban J connectivity index is 2.21. The van der Waals surface area contributed by atoms with Gasteiger partial charge in [-0.1, -0.05) is 55.2 Å². The van der Waals surface area contributed by atoms with Crippen LogP contribution in [0.25, 0.3) is 0 Å². The molecule has 0 spiro atoms. The molecule has 0 bridgehead atoms. The number of benzene rings is 2. The highest BCUT2D eigenvalue weighted by Crippen LogP contribution is 2.21. The van der Waals surface area contributed by atoms with Crippen LogP contribution in [0.1, 0.15) is 39.2 Å². The third-order valence-electron chi connectivity index (χ3n) is 4.86. The smallest absolute Gasteiger partial charge is 0.261 e. The molecule has 0 aromatic heterocycles. The van der Waals surface area contributed by atoms with Crippen molar-refractivity contribution in [3.8, 4) is 5.75 Å².